The van der Waals surface area contributed by atoms with Gasteiger partial charge in [0.2, 0.25) is 6.36 Å². The van der Waals surface area contributed by atoms with Crippen molar-refractivity contribution in [2.75, 3.05) is 0 Å². The highest BCUT2D eigenvalue weighted by Gasteiger charge is 2.05. The van der Waals surface area contributed by atoms with Crippen molar-refractivity contribution in [2.24, 2.45) is 0 Å². The summed E-state index contributed by atoms with van der Waals surface area (Å²) in [5, 5.41) is 9.59. The minimum absolute atomic E-state index is 0.0544. The van der Waals surface area contributed by atoms with Crippen LogP contribution in [0.4, 0.5) is 4.39 Å². The van der Waals surface area contributed by atoms with Crippen molar-refractivity contribution in [3.63, 3.8) is 0 Å². The molecule has 2 nitrogen and oxygen atoms in total. The van der Waals surface area contributed by atoms with Crippen LogP contribution in [0.3, 0.4) is 0 Å². The van der Waals surface area contributed by atoms with E-state index in [4.69, 9.17) is 5.11 Å². The smallest absolute Gasteiger partial charge is 0.239 e. The van der Waals surface area contributed by atoms with E-state index in [1.165, 1.54) is 6.07 Å². The second kappa shape index (κ2) is 3.11. The summed E-state index contributed by atoms with van der Waals surface area (Å²) in [6.45, 7) is 0. The van der Waals surface area contributed by atoms with E-state index in [2.05, 4.69) is 4.98 Å². The molecule has 2 aromatic rings. The molecule has 0 aliphatic carbocycles. The van der Waals surface area contributed by atoms with Gasteiger partial charge in [-0.1, -0.05) is 24.3 Å². The van der Waals surface area contributed by atoms with E-state index in [1.54, 1.807) is 12.1 Å². The number of aromatic nitrogens is 1. The Hall–Kier alpha value is -1.48. The van der Waals surface area contributed by atoms with Crippen LogP contribution in [-0.4, -0.2) is 10.1 Å². The van der Waals surface area contributed by atoms with Gasteiger partial charge in [-0.05, 0) is 12.1 Å². The van der Waals surface area contributed by atoms with Crippen LogP contribution in [-0.2, 0) is 0 Å². The number of pyridine rings is 1. The summed E-state index contributed by atoms with van der Waals surface area (Å²) in [6.07, 6.45) is -2.00. The predicted molar refractivity (Wildman–Crippen MR) is 47.8 cm³/mol. The van der Waals surface area contributed by atoms with Crippen molar-refractivity contribution in [1.82, 2.24) is 4.98 Å². The number of benzene rings is 1. The van der Waals surface area contributed by atoms with Gasteiger partial charge in [-0.25, -0.2) is 9.37 Å². The molecule has 0 saturated heterocycles. The molecule has 3 heteroatoms. The van der Waals surface area contributed by atoms with Gasteiger partial charge in [0.1, 0.15) is 5.69 Å². The number of alkyl halides is 1. The van der Waals surface area contributed by atoms with Crippen LogP contribution in [0.25, 0.3) is 10.9 Å². The number of aliphatic hydroxyl groups is 1. The lowest BCUT2D eigenvalue weighted by molar-refractivity contribution is 0.0374. The number of rotatable bonds is 1. The fourth-order valence-electron chi connectivity index (χ4n) is 1.21. The van der Waals surface area contributed by atoms with E-state index in [-0.39, 0.29) is 5.69 Å². The Labute approximate surface area is 74.7 Å². The van der Waals surface area contributed by atoms with Gasteiger partial charge in [0.25, 0.3) is 0 Å². The van der Waals surface area contributed by atoms with Crippen LogP contribution in [0.15, 0.2) is 36.4 Å². The second-order valence-corrected chi connectivity index (χ2v) is 2.76. The number of aliphatic hydroxyl groups excluding tert-OH is 1. The molecule has 0 spiro atoms. The molecule has 1 aromatic carbocycles. The summed E-state index contributed by atoms with van der Waals surface area (Å²) >= 11 is 0. The molecule has 0 radical (unpaired) electrons. The maximum Gasteiger partial charge on any atom is 0.239 e. The minimum Gasteiger partial charge on any atom is -0.359 e. The van der Waals surface area contributed by atoms with E-state index in [0.717, 1.165) is 5.39 Å². The Morgan fingerprint density at radius 1 is 1.15 bits per heavy atom. The zero-order valence-corrected chi connectivity index (χ0v) is 6.81. The average Bonchev–Trinajstić information content (AvgIpc) is 2.17. The molecule has 1 N–H and O–H groups in total. The maximum absolute atomic E-state index is 12.5. The summed E-state index contributed by atoms with van der Waals surface area (Å²) in [6, 6.07) is 10.6. The monoisotopic (exact) mass is 177 g/mol. The van der Waals surface area contributed by atoms with Crippen molar-refractivity contribution < 1.29 is 9.50 Å². The molecule has 13 heavy (non-hydrogen) atoms. The molecule has 0 fully saturated rings. The van der Waals surface area contributed by atoms with Gasteiger partial charge in [0.15, 0.2) is 0 Å². The van der Waals surface area contributed by atoms with Gasteiger partial charge in [-0.3, -0.25) is 0 Å². The van der Waals surface area contributed by atoms with Crippen molar-refractivity contribution in [3.8, 4) is 0 Å². The van der Waals surface area contributed by atoms with E-state index in [9.17, 15) is 4.39 Å². The molecule has 2 rings (SSSR count). The number of halogens is 1. The normalized spacial score (nSPS) is 13.1. The molecule has 0 aliphatic rings. The van der Waals surface area contributed by atoms with E-state index in [0.29, 0.717) is 5.52 Å². The summed E-state index contributed by atoms with van der Waals surface area (Å²) in [5.41, 5.74) is 0.746. The number of nitrogens with zero attached hydrogens (tertiary/aromatic N) is 1. The van der Waals surface area contributed by atoms with Crippen LogP contribution < -0.4 is 0 Å². The third-order valence-electron chi connectivity index (χ3n) is 1.86. The number of hydrogen-bond donors (Lipinski definition) is 1. The quantitative estimate of drug-likeness (QED) is 0.724. The lowest BCUT2D eigenvalue weighted by Gasteiger charge is -2.01. The number of hydrogen-bond acceptors (Lipinski definition) is 2. The molecular formula is C10H8FNO. The van der Waals surface area contributed by atoms with Crippen molar-refractivity contribution in [1.29, 1.82) is 0 Å². The van der Waals surface area contributed by atoms with Gasteiger partial charge in [-0.15, -0.1) is 0 Å². The van der Waals surface area contributed by atoms with Crippen molar-refractivity contribution in [3.05, 3.63) is 42.1 Å². The van der Waals surface area contributed by atoms with Crippen molar-refractivity contribution in [2.45, 2.75) is 6.36 Å². The van der Waals surface area contributed by atoms with Gasteiger partial charge in [-0.2, -0.15) is 0 Å². The molecule has 0 bridgehead atoms. The Morgan fingerprint density at radius 3 is 2.69 bits per heavy atom. The number of fused-ring (bicyclic) bond motifs is 1. The first kappa shape index (κ1) is 8.13. The fourth-order valence-corrected chi connectivity index (χ4v) is 1.21. The Kier molecular flexibility index (Phi) is 1.94. The summed E-state index contributed by atoms with van der Waals surface area (Å²) < 4.78 is 12.5. The minimum atomic E-state index is -2.00. The van der Waals surface area contributed by atoms with Gasteiger partial charge < -0.3 is 5.11 Å². The predicted octanol–water partition coefficient (Wildman–Crippen LogP) is 2.20. The summed E-state index contributed by atoms with van der Waals surface area (Å²) in [7, 11) is 0. The zero-order valence-electron chi connectivity index (χ0n) is 6.81. The molecule has 1 aromatic heterocycles. The highest BCUT2D eigenvalue weighted by atomic mass is 19.1. The SMILES string of the molecule is OC(F)c1ccc2ccccc2n1. The van der Waals surface area contributed by atoms with E-state index in [1.807, 2.05) is 18.2 Å². The fraction of sp³-hybridized carbons (Fsp3) is 0.100. The molecule has 0 saturated carbocycles. The average molecular weight is 177 g/mol. The highest BCUT2D eigenvalue weighted by molar-refractivity contribution is 5.78. The second-order valence-electron chi connectivity index (χ2n) is 2.76. The molecule has 0 amide bonds. The zero-order chi connectivity index (χ0) is 9.26. The van der Waals surface area contributed by atoms with E-state index >= 15 is 0 Å². The van der Waals surface area contributed by atoms with E-state index < -0.39 is 6.36 Å². The van der Waals surface area contributed by atoms with Crippen LogP contribution in [0.2, 0.25) is 0 Å². The number of para-hydroxylation sites is 1. The first-order chi connectivity index (χ1) is 6.27. The molecule has 1 atom stereocenters. The molecule has 0 aliphatic heterocycles. The van der Waals surface area contributed by atoms with Crippen LogP contribution in [0.5, 0.6) is 0 Å². The Morgan fingerprint density at radius 2 is 1.92 bits per heavy atom. The third kappa shape index (κ3) is 1.51. The largest absolute Gasteiger partial charge is 0.359 e. The van der Waals surface area contributed by atoms with Gasteiger partial charge in [0.05, 0.1) is 5.52 Å². The van der Waals surface area contributed by atoms with Crippen LogP contribution >= 0.6 is 0 Å². The molecule has 1 unspecified atom stereocenters. The lowest BCUT2D eigenvalue weighted by Crippen LogP contribution is -1.93. The lowest BCUT2D eigenvalue weighted by atomic mass is 10.2. The highest BCUT2D eigenvalue weighted by Crippen LogP contribution is 2.16. The first-order valence-corrected chi connectivity index (χ1v) is 3.95. The van der Waals surface area contributed by atoms with Crippen molar-refractivity contribution >= 4 is 10.9 Å². The molecule has 1 heterocycles. The maximum atomic E-state index is 12.5. The van der Waals surface area contributed by atoms with Crippen LogP contribution in [0, 0.1) is 0 Å². The summed E-state index contributed by atoms with van der Waals surface area (Å²) in [4.78, 5) is 3.95. The Balaban J connectivity index is 2.62. The topological polar surface area (TPSA) is 33.1 Å². The third-order valence-corrected chi connectivity index (χ3v) is 1.86. The van der Waals surface area contributed by atoms with Crippen LogP contribution in [0.1, 0.15) is 12.1 Å². The summed E-state index contributed by atoms with van der Waals surface area (Å²) in [5.74, 6) is 0. The standard InChI is InChI=1S/C10H8FNO/c11-10(13)9-6-5-7-3-1-2-4-8(7)12-9/h1-6,10,13H. The first-order valence-electron chi connectivity index (χ1n) is 3.95. The molecular weight excluding hydrogens is 169 g/mol. The van der Waals surface area contributed by atoms with Gasteiger partial charge >= 0.3 is 0 Å². The Bertz CT molecular complexity index is 428. The van der Waals surface area contributed by atoms with Gasteiger partial charge in [0, 0.05) is 5.39 Å². The molecule has 66 valence electrons.